The number of nitrogens with zero attached hydrogens (tertiary/aromatic N) is 4. The Morgan fingerprint density at radius 2 is 1.80 bits per heavy atom. The van der Waals surface area contributed by atoms with E-state index >= 15 is 0 Å². The van der Waals surface area contributed by atoms with Gasteiger partial charge in [0.1, 0.15) is 0 Å². The molecule has 2 heterocycles. The highest BCUT2D eigenvalue weighted by molar-refractivity contribution is 4.85. The van der Waals surface area contributed by atoms with Crippen molar-refractivity contribution in [3.05, 3.63) is 12.4 Å². The topological polar surface area (TPSA) is 34.0 Å². The quantitative estimate of drug-likeness (QED) is 0.734. The van der Waals surface area contributed by atoms with Gasteiger partial charge in [-0.3, -0.25) is 0 Å². The van der Waals surface area contributed by atoms with Crippen molar-refractivity contribution in [1.82, 2.24) is 19.9 Å². The van der Waals surface area contributed by atoms with E-state index in [0.29, 0.717) is 6.04 Å². The predicted octanol–water partition coefficient (Wildman–Crippen LogP) is 1.47. The van der Waals surface area contributed by atoms with Crippen LogP contribution in [0.2, 0.25) is 0 Å². The molecule has 1 aliphatic heterocycles. The van der Waals surface area contributed by atoms with Crippen molar-refractivity contribution in [2.45, 2.75) is 44.2 Å². The molecule has 1 saturated heterocycles. The van der Waals surface area contributed by atoms with E-state index in [1.807, 2.05) is 10.9 Å². The van der Waals surface area contributed by atoms with Gasteiger partial charge in [-0.05, 0) is 25.7 Å². The third-order valence-electron chi connectivity index (χ3n) is 3.91. The van der Waals surface area contributed by atoms with Crippen molar-refractivity contribution in [1.29, 1.82) is 0 Å². The first kappa shape index (κ1) is 9.33. The zero-order valence-corrected chi connectivity index (χ0v) is 9.05. The van der Waals surface area contributed by atoms with Crippen LogP contribution in [0.15, 0.2) is 12.4 Å². The molecule has 82 valence electrons. The molecule has 0 atom stereocenters. The Kier molecular flexibility index (Phi) is 2.44. The molecule has 0 bridgehead atoms. The van der Waals surface area contributed by atoms with Crippen LogP contribution in [-0.2, 0) is 0 Å². The summed E-state index contributed by atoms with van der Waals surface area (Å²) >= 11 is 0. The molecular weight excluding hydrogens is 188 g/mol. The monoisotopic (exact) mass is 206 g/mol. The van der Waals surface area contributed by atoms with E-state index in [0.717, 1.165) is 6.04 Å². The van der Waals surface area contributed by atoms with Crippen molar-refractivity contribution in [2.75, 3.05) is 13.1 Å². The summed E-state index contributed by atoms with van der Waals surface area (Å²) < 4.78 is 2.03. The van der Waals surface area contributed by atoms with E-state index in [-0.39, 0.29) is 0 Å². The first-order chi connectivity index (χ1) is 7.43. The molecule has 4 nitrogen and oxygen atoms in total. The van der Waals surface area contributed by atoms with Gasteiger partial charge in [-0.25, -0.2) is 4.68 Å². The van der Waals surface area contributed by atoms with E-state index in [1.165, 1.54) is 45.2 Å². The minimum absolute atomic E-state index is 0.587. The van der Waals surface area contributed by atoms with Crippen LogP contribution in [-0.4, -0.2) is 39.0 Å². The maximum Gasteiger partial charge on any atom is 0.0693 e. The second-order valence-electron chi connectivity index (χ2n) is 4.73. The van der Waals surface area contributed by atoms with Crippen LogP contribution in [0.1, 0.15) is 38.1 Å². The molecule has 0 unspecified atom stereocenters. The normalized spacial score (nSPS) is 25.3. The number of piperidine rings is 1. The molecule has 1 aromatic heterocycles. The second kappa shape index (κ2) is 3.93. The Morgan fingerprint density at radius 3 is 2.33 bits per heavy atom. The zero-order valence-electron chi connectivity index (χ0n) is 9.05. The molecule has 1 aromatic rings. The van der Waals surface area contributed by atoms with Gasteiger partial charge in [-0.15, -0.1) is 5.10 Å². The van der Waals surface area contributed by atoms with Crippen LogP contribution in [0.25, 0.3) is 0 Å². The summed E-state index contributed by atoms with van der Waals surface area (Å²) in [5.74, 6) is 0. The van der Waals surface area contributed by atoms with Crippen LogP contribution in [0.4, 0.5) is 0 Å². The highest BCUT2D eigenvalue weighted by atomic mass is 15.4. The standard InChI is InChI=1S/C11H18N4/c1-2-10(3-1)14-7-4-11(5-8-14)15-9-6-12-13-15/h6,9-11H,1-5,7-8H2. The van der Waals surface area contributed by atoms with E-state index in [1.54, 1.807) is 6.20 Å². The fourth-order valence-electron chi connectivity index (χ4n) is 2.68. The molecule has 2 aliphatic rings. The van der Waals surface area contributed by atoms with Gasteiger partial charge in [0.15, 0.2) is 0 Å². The molecule has 0 N–H and O–H groups in total. The molecular formula is C11H18N4. The zero-order chi connectivity index (χ0) is 10.1. The molecule has 0 radical (unpaired) electrons. The lowest BCUT2D eigenvalue weighted by molar-refractivity contribution is 0.0838. The van der Waals surface area contributed by atoms with Gasteiger partial charge < -0.3 is 4.90 Å². The molecule has 1 aliphatic carbocycles. The van der Waals surface area contributed by atoms with Crippen LogP contribution >= 0.6 is 0 Å². The SMILES string of the molecule is c1cn(C2CCN(C3CCC3)CC2)nn1. The largest absolute Gasteiger partial charge is 0.300 e. The van der Waals surface area contributed by atoms with E-state index < -0.39 is 0 Å². The fourth-order valence-corrected chi connectivity index (χ4v) is 2.68. The minimum Gasteiger partial charge on any atom is -0.300 e. The van der Waals surface area contributed by atoms with Gasteiger partial charge in [0, 0.05) is 25.3 Å². The highest BCUT2D eigenvalue weighted by Crippen LogP contribution is 2.30. The smallest absolute Gasteiger partial charge is 0.0693 e. The Morgan fingerprint density at radius 1 is 1.00 bits per heavy atom. The van der Waals surface area contributed by atoms with Crippen molar-refractivity contribution < 1.29 is 0 Å². The molecule has 1 saturated carbocycles. The van der Waals surface area contributed by atoms with Crippen molar-refractivity contribution in [2.24, 2.45) is 0 Å². The number of hydrogen-bond acceptors (Lipinski definition) is 3. The molecule has 0 aromatic carbocycles. The summed E-state index contributed by atoms with van der Waals surface area (Å²) in [6, 6.07) is 1.49. The Labute approximate surface area is 90.3 Å². The summed E-state index contributed by atoms with van der Waals surface area (Å²) in [5.41, 5.74) is 0. The molecule has 15 heavy (non-hydrogen) atoms. The van der Waals surface area contributed by atoms with Crippen LogP contribution in [0, 0.1) is 0 Å². The highest BCUT2D eigenvalue weighted by Gasteiger charge is 2.29. The fraction of sp³-hybridized carbons (Fsp3) is 0.818. The minimum atomic E-state index is 0.587. The first-order valence-corrected chi connectivity index (χ1v) is 6.03. The number of hydrogen-bond donors (Lipinski definition) is 0. The number of aromatic nitrogens is 3. The molecule has 2 fully saturated rings. The van der Waals surface area contributed by atoms with Crippen LogP contribution < -0.4 is 0 Å². The third kappa shape index (κ3) is 1.78. The number of likely N-dealkylation sites (tertiary alicyclic amines) is 1. The van der Waals surface area contributed by atoms with Crippen LogP contribution in [0.3, 0.4) is 0 Å². The average Bonchev–Trinajstić information content (AvgIpc) is 2.69. The lowest BCUT2D eigenvalue weighted by Crippen LogP contribution is -2.45. The predicted molar refractivity (Wildman–Crippen MR) is 57.5 cm³/mol. The summed E-state index contributed by atoms with van der Waals surface area (Å²) in [4.78, 5) is 2.66. The van der Waals surface area contributed by atoms with Gasteiger partial charge in [0.05, 0.1) is 12.2 Å². The van der Waals surface area contributed by atoms with Gasteiger partial charge in [0.2, 0.25) is 0 Å². The molecule has 3 rings (SSSR count). The van der Waals surface area contributed by atoms with Gasteiger partial charge in [-0.2, -0.15) is 0 Å². The van der Waals surface area contributed by atoms with E-state index in [9.17, 15) is 0 Å². The van der Waals surface area contributed by atoms with Gasteiger partial charge >= 0.3 is 0 Å². The molecule has 4 heteroatoms. The lowest BCUT2D eigenvalue weighted by Gasteiger charge is -2.41. The number of rotatable bonds is 2. The van der Waals surface area contributed by atoms with Crippen molar-refractivity contribution in [3.8, 4) is 0 Å². The van der Waals surface area contributed by atoms with E-state index in [2.05, 4.69) is 15.2 Å². The molecule has 0 amide bonds. The maximum atomic E-state index is 4.09. The van der Waals surface area contributed by atoms with Crippen molar-refractivity contribution in [3.63, 3.8) is 0 Å². The average molecular weight is 206 g/mol. The van der Waals surface area contributed by atoms with Gasteiger partial charge in [0.25, 0.3) is 0 Å². The maximum absolute atomic E-state index is 4.09. The lowest BCUT2D eigenvalue weighted by atomic mass is 9.89. The first-order valence-electron chi connectivity index (χ1n) is 6.03. The summed E-state index contributed by atoms with van der Waals surface area (Å²) in [7, 11) is 0. The summed E-state index contributed by atoms with van der Waals surface area (Å²) in [5, 5.41) is 7.97. The summed E-state index contributed by atoms with van der Waals surface area (Å²) in [6.45, 7) is 2.49. The Bertz CT molecular complexity index is 296. The Balaban J connectivity index is 1.56. The van der Waals surface area contributed by atoms with Gasteiger partial charge in [-0.1, -0.05) is 11.6 Å². The van der Waals surface area contributed by atoms with Crippen molar-refractivity contribution >= 4 is 0 Å². The Hall–Kier alpha value is -0.900. The molecule has 0 spiro atoms. The third-order valence-corrected chi connectivity index (χ3v) is 3.91. The second-order valence-corrected chi connectivity index (χ2v) is 4.73. The summed E-state index contributed by atoms with van der Waals surface area (Å²) in [6.07, 6.45) is 10.5. The van der Waals surface area contributed by atoms with E-state index in [4.69, 9.17) is 0 Å². The van der Waals surface area contributed by atoms with Crippen LogP contribution in [0.5, 0.6) is 0 Å².